The standard InChI is InChI=1S/C25H23N3O2/c1-18(19-11-5-3-6-12-19)26-25(29)22-17-28(20-13-7-4-8-14-20)27-24(22)21-15-9-10-16-23(21)30-2/h3-18H,1-2H3,(H,26,29). The van der Waals surface area contributed by atoms with Crippen LogP contribution in [0.4, 0.5) is 0 Å². The Hall–Kier alpha value is -3.86. The molecule has 3 aromatic carbocycles. The van der Waals surface area contributed by atoms with Crippen LogP contribution in [-0.4, -0.2) is 22.8 Å². The molecule has 150 valence electrons. The van der Waals surface area contributed by atoms with Gasteiger partial charge in [-0.25, -0.2) is 4.68 Å². The van der Waals surface area contributed by atoms with Crippen LogP contribution >= 0.6 is 0 Å². The number of ether oxygens (including phenoxy) is 1. The van der Waals surface area contributed by atoms with Crippen LogP contribution in [-0.2, 0) is 0 Å². The van der Waals surface area contributed by atoms with E-state index in [2.05, 4.69) is 5.32 Å². The molecule has 0 aliphatic heterocycles. The molecule has 0 radical (unpaired) electrons. The third-order valence-electron chi connectivity index (χ3n) is 4.99. The van der Waals surface area contributed by atoms with E-state index < -0.39 is 0 Å². The topological polar surface area (TPSA) is 56.2 Å². The Kier molecular flexibility index (Phi) is 5.61. The van der Waals surface area contributed by atoms with Crippen LogP contribution in [0.25, 0.3) is 16.9 Å². The summed E-state index contributed by atoms with van der Waals surface area (Å²) in [7, 11) is 1.62. The third-order valence-corrected chi connectivity index (χ3v) is 4.99. The maximum absolute atomic E-state index is 13.3. The molecule has 0 fully saturated rings. The van der Waals surface area contributed by atoms with Crippen LogP contribution in [0.15, 0.2) is 91.1 Å². The second kappa shape index (κ2) is 8.66. The summed E-state index contributed by atoms with van der Waals surface area (Å²) in [6, 6.07) is 27.1. The first-order valence-corrected chi connectivity index (χ1v) is 9.81. The highest BCUT2D eigenvalue weighted by atomic mass is 16.5. The van der Waals surface area contributed by atoms with Gasteiger partial charge in [-0.15, -0.1) is 0 Å². The predicted molar refractivity (Wildman–Crippen MR) is 118 cm³/mol. The molecule has 4 rings (SSSR count). The van der Waals surface area contributed by atoms with Gasteiger partial charge in [0, 0.05) is 11.8 Å². The van der Waals surface area contributed by atoms with Crippen molar-refractivity contribution in [3.05, 3.63) is 102 Å². The van der Waals surface area contributed by atoms with Gasteiger partial charge in [0.2, 0.25) is 0 Å². The van der Waals surface area contributed by atoms with Crippen LogP contribution in [0.3, 0.4) is 0 Å². The van der Waals surface area contributed by atoms with Crippen LogP contribution in [0.5, 0.6) is 5.75 Å². The molecule has 0 bridgehead atoms. The van der Waals surface area contributed by atoms with Crippen molar-refractivity contribution in [2.24, 2.45) is 0 Å². The maximum Gasteiger partial charge on any atom is 0.255 e. The first-order chi connectivity index (χ1) is 14.7. The summed E-state index contributed by atoms with van der Waals surface area (Å²) in [5.74, 6) is 0.482. The Balaban J connectivity index is 1.75. The Morgan fingerprint density at radius 1 is 0.933 bits per heavy atom. The van der Waals surface area contributed by atoms with Gasteiger partial charge in [-0.2, -0.15) is 5.10 Å². The summed E-state index contributed by atoms with van der Waals surface area (Å²) in [6.07, 6.45) is 1.77. The van der Waals surface area contributed by atoms with E-state index in [9.17, 15) is 4.79 Å². The molecule has 0 spiro atoms. The van der Waals surface area contributed by atoms with Crippen molar-refractivity contribution in [1.29, 1.82) is 0 Å². The molecule has 1 aromatic heterocycles. The molecule has 0 aliphatic carbocycles. The predicted octanol–water partition coefficient (Wildman–Crippen LogP) is 5.04. The number of carbonyl (C=O) groups excluding carboxylic acids is 1. The minimum absolute atomic E-state index is 0.135. The lowest BCUT2D eigenvalue weighted by molar-refractivity contribution is 0.0940. The number of aromatic nitrogens is 2. The summed E-state index contributed by atoms with van der Waals surface area (Å²) in [4.78, 5) is 13.3. The van der Waals surface area contributed by atoms with Gasteiger partial charge in [0.15, 0.2) is 0 Å². The molecule has 1 N–H and O–H groups in total. The lowest BCUT2D eigenvalue weighted by Gasteiger charge is -2.14. The lowest BCUT2D eigenvalue weighted by atomic mass is 10.1. The van der Waals surface area contributed by atoms with Crippen molar-refractivity contribution in [3.8, 4) is 22.7 Å². The number of nitrogens with one attached hydrogen (secondary N) is 1. The van der Waals surface area contributed by atoms with Gasteiger partial charge in [-0.3, -0.25) is 4.79 Å². The third kappa shape index (κ3) is 3.96. The minimum Gasteiger partial charge on any atom is -0.496 e. The van der Waals surface area contributed by atoms with E-state index in [0.717, 1.165) is 16.8 Å². The molecular weight excluding hydrogens is 374 g/mol. The Morgan fingerprint density at radius 3 is 2.27 bits per heavy atom. The van der Waals surface area contributed by atoms with Gasteiger partial charge in [-0.1, -0.05) is 60.7 Å². The molecule has 5 nitrogen and oxygen atoms in total. The normalized spacial score (nSPS) is 11.7. The van der Waals surface area contributed by atoms with Gasteiger partial charge < -0.3 is 10.1 Å². The number of benzene rings is 3. The monoisotopic (exact) mass is 397 g/mol. The van der Waals surface area contributed by atoms with Crippen molar-refractivity contribution >= 4 is 5.91 Å². The summed E-state index contributed by atoms with van der Waals surface area (Å²) in [5, 5.41) is 7.83. The summed E-state index contributed by atoms with van der Waals surface area (Å²) < 4.78 is 7.24. The van der Waals surface area contributed by atoms with Crippen LogP contribution in [0.1, 0.15) is 28.9 Å². The zero-order valence-electron chi connectivity index (χ0n) is 16.9. The number of nitrogens with zero attached hydrogens (tertiary/aromatic N) is 2. The van der Waals surface area contributed by atoms with Gasteiger partial charge in [0.05, 0.1) is 24.4 Å². The number of para-hydroxylation sites is 2. The number of methoxy groups -OCH3 is 1. The molecule has 0 saturated carbocycles. The molecule has 1 amide bonds. The molecule has 1 heterocycles. The fraction of sp³-hybridized carbons (Fsp3) is 0.120. The van der Waals surface area contributed by atoms with Crippen LogP contribution < -0.4 is 10.1 Å². The average Bonchev–Trinajstić information content (AvgIpc) is 3.25. The summed E-state index contributed by atoms with van der Waals surface area (Å²) in [6.45, 7) is 1.97. The zero-order chi connectivity index (χ0) is 20.9. The van der Waals surface area contributed by atoms with Crippen molar-refractivity contribution in [2.75, 3.05) is 7.11 Å². The van der Waals surface area contributed by atoms with E-state index in [1.807, 2.05) is 91.9 Å². The molecule has 1 unspecified atom stereocenters. The van der Waals surface area contributed by atoms with Gasteiger partial charge >= 0.3 is 0 Å². The molecule has 30 heavy (non-hydrogen) atoms. The highest BCUT2D eigenvalue weighted by Gasteiger charge is 2.22. The van der Waals surface area contributed by atoms with Crippen molar-refractivity contribution in [2.45, 2.75) is 13.0 Å². The smallest absolute Gasteiger partial charge is 0.255 e. The number of carbonyl (C=O) groups is 1. The van der Waals surface area contributed by atoms with E-state index in [-0.39, 0.29) is 11.9 Å². The highest BCUT2D eigenvalue weighted by Crippen LogP contribution is 2.32. The fourth-order valence-electron chi connectivity index (χ4n) is 3.39. The average molecular weight is 397 g/mol. The Morgan fingerprint density at radius 2 is 1.57 bits per heavy atom. The van der Waals surface area contributed by atoms with E-state index in [1.165, 1.54) is 0 Å². The molecule has 5 heteroatoms. The van der Waals surface area contributed by atoms with E-state index in [1.54, 1.807) is 18.0 Å². The largest absolute Gasteiger partial charge is 0.496 e. The molecule has 0 saturated heterocycles. The van der Waals surface area contributed by atoms with Crippen molar-refractivity contribution in [1.82, 2.24) is 15.1 Å². The van der Waals surface area contributed by atoms with E-state index in [4.69, 9.17) is 9.84 Å². The highest BCUT2D eigenvalue weighted by molar-refractivity contribution is 6.00. The number of rotatable bonds is 6. The van der Waals surface area contributed by atoms with E-state index in [0.29, 0.717) is 17.0 Å². The molecule has 1 atom stereocenters. The van der Waals surface area contributed by atoms with Gasteiger partial charge in [-0.05, 0) is 36.8 Å². The summed E-state index contributed by atoms with van der Waals surface area (Å²) in [5.41, 5.74) is 3.76. The zero-order valence-corrected chi connectivity index (χ0v) is 16.9. The second-order valence-corrected chi connectivity index (χ2v) is 6.98. The quantitative estimate of drug-likeness (QED) is 0.496. The molecule has 4 aromatic rings. The van der Waals surface area contributed by atoms with Gasteiger partial charge in [0.25, 0.3) is 5.91 Å². The van der Waals surface area contributed by atoms with Gasteiger partial charge in [0.1, 0.15) is 11.4 Å². The van der Waals surface area contributed by atoms with Crippen molar-refractivity contribution < 1.29 is 9.53 Å². The lowest BCUT2D eigenvalue weighted by Crippen LogP contribution is -2.26. The van der Waals surface area contributed by atoms with Crippen LogP contribution in [0.2, 0.25) is 0 Å². The first kappa shape index (κ1) is 19.5. The Labute approximate surface area is 175 Å². The maximum atomic E-state index is 13.3. The van der Waals surface area contributed by atoms with Crippen LogP contribution in [0, 0.1) is 0 Å². The molecular formula is C25H23N3O2. The first-order valence-electron chi connectivity index (χ1n) is 9.81. The number of hydrogen-bond acceptors (Lipinski definition) is 3. The second-order valence-electron chi connectivity index (χ2n) is 6.98. The van der Waals surface area contributed by atoms with E-state index >= 15 is 0 Å². The number of amides is 1. The SMILES string of the molecule is COc1ccccc1-c1nn(-c2ccccc2)cc1C(=O)NC(C)c1ccccc1. The van der Waals surface area contributed by atoms with Crippen molar-refractivity contribution in [3.63, 3.8) is 0 Å². The summed E-state index contributed by atoms with van der Waals surface area (Å²) >= 11 is 0. The Bertz CT molecular complexity index is 1140. The minimum atomic E-state index is -0.186. The fourth-order valence-corrected chi connectivity index (χ4v) is 3.39. The number of hydrogen-bond donors (Lipinski definition) is 1. The molecule has 0 aliphatic rings.